The predicted octanol–water partition coefficient (Wildman–Crippen LogP) is 0.835. The molecule has 0 aliphatic heterocycles. The first-order valence-electron chi connectivity index (χ1n) is 2.68. The number of nitrogens with two attached hydrogens (primary N) is 1. The number of hydrogen-bond donors (Lipinski definition) is 1. The van der Waals surface area contributed by atoms with Crippen molar-refractivity contribution in [3.05, 3.63) is 0 Å². The second-order valence-electron chi connectivity index (χ2n) is 1.51. The molecular weight excluding hydrogens is 138 g/mol. The third kappa shape index (κ3) is 7.62. The van der Waals surface area contributed by atoms with Crippen molar-refractivity contribution in [3.63, 3.8) is 0 Å². The Hall–Kier alpha value is -0.380. The fraction of sp³-hybridized carbons (Fsp3) is 0.800. The lowest BCUT2D eigenvalue weighted by Crippen LogP contribution is -2.13. The van der Waals surface area contributed by atoms with E-state index < -0.39 is 6.09 Å². The van der Waals surface area contributed by atoms with Crippen molar-refractivity contribution in [1.29, 1.82) is 0 Å². The molecule has 0 fully saturated rings. The van der Waals surface area contributed by atoms with Gasteiger partial charge in [0, 0.05) is 0 Å². The standard InChI is InChI=1S/C5H11NO2S/c1-9-4-2-3-8-5(6)7/h2-4H2,1H3,(H2,6,7). The van der Waals surface area contributed by atoms with Crippen LogP contribution >= 0.6 is 11.8 Å². The van der Waals surface area contributed by atoms with Gasteiger partial charge in [-0.15, -0.1) is 0 Å². The van der Waals surface area contributed by atoms with Crippen molar-refractivity contribution >= 4 is 17.9 Å². The molecule has 0 spiro atoms. The van der Waals surface area contributed by atoms with E-state index in [0.29, 0.717) is 6.61 Å². The molecule has 3 nitrogen and oxygen atoms in total. The molecule has 2 N–H and O–H groups in total. The highest BCUT2D eigenvalue weighted by Gasteiger charge is 1.90. The Labute approximate surface area is 58.9 Å². The third-order valence-corrected chi connectivity index (χ3v) is 1.43. The normalized spacial score (nSPS) is 9.00. The Bertz CT molecular complexity index is 87.0. The maximum absolute atomic E-state index is 9.96. The zero-order valence-electron chi connectivity index (χ0n) is 5.42. The molecule has 0 radical (unpaired) electrons. The molecule has 9 heavy (non-hydrogen) atoms. The van der Waals surface area contributed by atoms with Gasteiger partial charge < -0.3 is 10.5 Å². The Morgan fingerprint density at radius 2 is 2.44 bits per heavy atom. The van der Waals surface area contributed by atoms with E-state index in [1.807, 2.05) is 6.26 Å². The number of rotatable bonds is 4. The van der Waals surface area contributed by atoms with Gasteiger partial charge in [0.1, 0.15) is 0 Å². The molecule has 0 aromatic carbocycles. The average Bonchev–Trinajstić information content (AvgIpc) is 1.80. The van der Waals surface area contributed by atoms with Gasteiger partial charge in [-0.25, -0.2) is 4.79 Å². The summed E-state index contributed by atoms with van der Waals surface area (Å²) >= 11 is 1.72. The summed E-state index contributed by atoms with van der Waals surface area (Å²) in [6.07, 6.45) is 2.20. The predicted molar refractivity (Wildman–Crippen MR) is 38.5 cm³/mol. The van der Waals surface area contributed by atoms with E-state index in [4.69, 9.17) is 5.73 Å². The average molecular weight is 149 g/mol. The first-order chi connectivity index (χ1) is 4.27. The highest BCUT2D eigenvalue weighted by atomic mass is 32.2. The van der Waals surface area contributed by atoms with Gasteiger partial charge in [0.05, 0.1) is 6.61 Å². The van der Waals surface area contributed by atoms with Gasteiger partial charge >= 0.3 is 6.09 Å². The Balaban J connectivity index is 2.83. The summed E-state index contributed by atoms with van der Waals surface area (Å²) in [5, 5.41) is 0. The van der Waals surface area contributed by atoms with E-state index in [9.17, 15) is 4.79 Å². The first-order valence-corrected chi connectivity index (χ1v) is 4.08. The van der Waals surface area contributed by atoms with Crippen molar-refractivity contribution in [1.82, 2.24) is 0 Å². The fourth-order valence-corrected chi connectivity index (χ4v) is 0.783. The number of thioether (sulfide) groups is 1. The van der Waals surface area contributed by atoms with E-state index in [2.05, 4.69) is 4.74 Å². The Kier molecular flexibility index (Phi) is 5.51. The number of carbonyl (C=O) groups excluding carboxylic acids is 1. The van der Waals surface area contributed by atoms with E-state index in [-0.39, 0.29) is 0 Å². The molecule has 0 saturated heterocycles. The van der Waals surface area contributed by atoms with Gasteiger partial charge in [-0.3, -0.25) is 0 Å². The lowest BCUT2D eigenvalue weighted by molar-refractivity contribution is 0.157. The third-order valence-electron chi connectivity index (χ3n) is 0.737. The molecule has 0 saturated carbocycles. The van der Waals surface area contributed by atoms with Crippen LogP contribution in [0.1, 0.15) is 6.42 Å². The summed E-state index contributed by atoms with van der Waals surface area (Å²) in [6, 6.07) is 0. The molecule has 0 aromatic rings. The van der Waals surface area contributed by atoms with Crippen LogP contribution in [0.2, 0.25) is 0 Å². The Morgan fingerprint density at radius 1 is 1.78 bits per heavy atom. The molecule has 54 valence electrons. The molecule has 0 atom stereocenters. The molecular formula is C5H11NO2S. The molecule has 0 aliphatic carbocycles. The molecule has 0 aromatic heterocycles. The second kappa shape index (κ2) is 5.75. The van der Waals surface area contributed by atoms with Gasteiger partial charge in [-0.2, -0.15) is 11.8 Å². The first kappa shape index (κ1) is 8.62. The maximum atomic E-state index is 9.96. The van der Waals surface area contributed by atoms with Crippen LogP contribution in [-0.2, 0) is 4.74 Å². The van der Waals surface area contributed by atoms with Crippen LogP contribution in [0.25, 0.3) is 0 Å². The van der Waals surface area contributed by atoms with Crippen LogP contribution < -0.4 is 5.73 Å². The summed E-state index contributed by atoms with van der Waals surface area (Å²) in [7, 11) is 0. The van der Waals surface area contributed by atoms with Crippen molar-refractivity contribution in [3.8, 4) is 0 Å². The zero-order chi connectivity index (χ0) is 7.11. The molecule has 0 unspecified atom stereocenters. The lowest BCUT2D eigenvalue weighted by Gasteiger charge is -1.97. The SMILES string of the molecule is CSCCCOC(N)=O. The van der Waals surface area contributed by atoms with Gasteiger partial charge in [-0.1, -0.05) is 0 Å². The van der Waals surface area contributed by atoms with Crippen LogP contribution in [0.5, 0.6) is 0 Å². The van der Waals surface area contributed by atoms with E-state index in [1.165, 1.54) is 0 Å². The number of carbonyl (C=O) groups is 1. The number of amides is 1. The van der Waals surface area contributed by atoms with Crippen molar-refractivity contribution in [2.75, 3.05) is 18.6 Å². The Morgan fingerprint density at radius 3 is 2.89 bits per heavy atom. The highest BCUT2D eigenvalue weighted by Crippen LogP contribution is 1.94. The van der Waals surface area contributed by atoms with E-state index in [1.54, 1.807) is 11.8 Å². The monoisotopic (exact) mass is 149 g/mol. The number of ether oxygens (including phenoxy) is 1. The fourth-order valence-electron chi connectivity index (χ4n) is 0.376. The largest absolute Gasteiger partial charge is 0.450 e. The van der Waals surface area contributed by atoms with Crippen LogP contribution in [0.15, 0.2) is 0 Å². The van der Waals surface area contributed by atoms with Crippen molar-refractivity contribution < 1.29 is 9.53 Å². The smallest absolute Gasteiger partial charge is 0.404 e. The number of hydrogen-bond acceptors (Lipinski definition) is 3. The van der Waals surface area contributed by atoms with Crippen molar-refractivity contribution in [2.24, 2.45) is 5.73 Å². The summed E-state index contributed by atoms with van der Waals surface area (Å²) in [4.78, 5) is 9.96. The molecule has 0 aliphatic rings. The number of primary amides is 1. The van der Waals surface area contributed by atoms with Crippen LogP contribution in [0, 0.1) is 0 Å². The van der Waals surface area contributed by atoms with E-state index >= 15 is 0 Å². The minimum Gasteiger partial charge on any atom is -0.450 e. The van der Waals surface area contributed by atoms with Crippen LogP contribution in [0.3, 0.4) is 0 Å². The lowest BCUT2D eigenvalue weighted by atomic mass is 10.5. The topological polar surface area (TPSA) is 52.3 Å². The summed E-state index contributed by atoms with van der Waals surface area (Å²) in [5.74, 6) is 1.01. The molecule has 0 heterocycles. The zero-order valence-corrected chi connectivity index (χ0v) is 6.24. The second-order valence-corrected chi connectivity index (χ2v) is 2.50. The van der Waals surface area contributed by atoms with E-state index in [0.717, 1.165) is 12.2 Å². The van der Waals surface area contributed by atoms with Crippen LogP contribution in [0.4, 0.5) is 4.79 Å². The highest BCUT2D eigenvalue weighted by molar-refractivity contribution is 7.98. The quantitative estimate of drug-likeness (QED) is 0.602. The van der Waals surface area contributed by atoms with Crippen LogP contribution in [-0.4, -0.2) is 24.7 Å². The van der Waals surface area contributed by atoms with Crippen molar-refractivity contribution in [2.45, 2.75) is 6.42 Å². The van der Waals surface area contributed by atoms with Gasteiger partial charge in [0.25, 0.3) is 0 Å². The van der Waals surface area contributed by atoms with Gasteiger partial charge in [0.15, 0.2) is 0 Å². The minimum atomic E-state index is -0.684. The van der Waals surface area contributed by atoms with Gasteiger partial charge in [0.2, 0.25) is 0 Å². The molecule has 1 amide bonds. The van der Waals surface area contributed by atoms with Gasteiger partial charge in [-0.05, 0) is 18.4 Å². The molecule has 0 bridgehead atoms. The molecule has 4 heteroatoms. The molecule has 0 rings (SSSR count). The summed E-state index contributed by atoms with van der Waals surface area (Å²) in [6.45, 7) is 0.441. The minimum absolute atomic E-state index is 0.441. The summed E-state index contributed by atoms with van der Waals surface area (Å²) in [5.41, 5.74) is 4.71. The summed E-state index contributed by atoms with van der Waals surface area (Å²) < 4.78 is 4.47. The maximum Gasteiger partial charge on any atom is 0.404 e.